The van der Waals surface area contributed by atoms with Crippen molar-refractivity contribution in [1.29, 1.82) is 0 Å². The van der Waals surface area contributed by atoms with Gasteiger partial charge in [0.2, 0.25) is 5.95 Å². The average molecular weight is 470 g/mol. The summed E-state index contributed by atoms with van der Waals surface area (Å²) in [6.07, 6.45) is 7.16. The number of pyridine rings is 1. The second kappa shape index (κ2) is 8.13. The lowest BCUT2D eigenvalue weighted by Crippen LogP contribution is -2.30. The molecule has 35 heavy (non-hydrogen) atoms. The van der Waals surface area contributed by atoms with E-state index in [9.17, 15) is 5.11 Å². The predicted molar refractivity (Wildman–Crippen MR) is 130 cm³/mol. The van der Waals surface area contributed by atoms with Gasteiger partial charge < -0.3 is 20.1 Å². The number of aliphatic hydroxyl groups is 1. The number of β-amino-alcohol motifs (C(OH)–C–C–N with tert-alkyl or cyclic N) is 1. The van der Waals surface area contributed by atoms with Crippen LogP contribution in [-0.2, 0) is 0 Å². The van der Waals surface area contributed by atoms with Gasteiger partial charge in [0, 0.05) is 31.0 Å². The molecule has 0 amide bonds. The highest BCUT2D eigenvalue weighted by Gasteiger charge is 2.32. The van der Waals surface area contributed by atoms with Crippen LogP contribution in [0.2, 0.25) is 0 Å². The molecule has 6 rings (SSSR count). The molecule has 0 radical (unpaired) electrons. The summed E-state index contributed by atoms with van der Waals surface area (Å²) in [6.45, 7) is 4.99. The third-order valence-corrected chi connectivity index (χ3v) is 6.02. The van der Waals surface area contributed by atoms with Crippen molar-refractivity contribution in [2.24, 2.45) is 0 Å². The Labute approximate surface area is 200 Å². The van der Waals surface area contributed by atoms with Gasteiger partial charge in [-0.15, -0.1) is 0 Å². The minimum absolute atomic E-state index is 0.486. The molecule has 1 aromatic carbocycles. The van der Waals surface area contributed by atoms with E-state index in [4.69, 9.17) is 9.72 Å². The molecule has 2 N–H and O–H groups in total. The molecular formula is C24H23N9O2. The van der Waals surface area contributed by atoms with Crippen molar-refractivity contribution in [1.82, 2.24) is 34.5 Å². The lowest BCUT2D eigenvalue weighted by molar-refractivity contribution is 0.0838. The van der Waals surface area contributed by atoms with Gasteiger partial charge >= 0.3 is 0 Å². The fourth-order valence-corrected chi connectivity index (χ4v) is 4.17. The maximum atomic E-state index is 10.3. The van der Waals surface area contributed by atoms with Gasteiger partial charge in [0.05, 0.1) is 11.8 Å². The summed E-state index contributed by atoms with van der Waals surface area (Å²) in [5, 5.41) is 17.8. The largest absolute Gasteiger partial charge is 0.457 e. The lowest BCUT2D eigenvalue weighted by atomic mass is 10.1. The van der Waals surface area contributed by atoms with Gasteiger partial charge in [0.15, 0.2) is 11.5 Å². The van der Waals surface area contributed by atoms with Gasteiger partial charge in [-0.25, -0.2) is 29.4 Å². The van der Waals surface area contributed by atoms with E-state index >= 15 is 0 Å². The summed E-state index contributed by atoms with van der Waals surface area (Å²) in [5.41, 5.74) is 3.01. The molecule has 11 heteroatoms. The van der Waals surface area contributed by atoms with E-state index < -0.39 is 5.60 Å². The monoisotopic (exact) mass is 469 g/mol. The number of aryl methyl sites for hydroxylation is 1. The number of fused-ring (bicyclic) bond motifs is 2. The smallest absolute Gasteiger partial charge is 0.226 e. The van der Waals surface area contributed by atoms with Crippen LogP contribution >= 0.6 is 0 Å². The summed E-state index contributed by atoms with van der Waals surface area (Å²) in [7, 11) is 0. The Morgan fingerprint density at radius 3 is 2.83 bits per heavy atom. The van der Waals surface area contributed by atoms with Crippen molar-refractivity contribution in [2.75, 3.05) is 23.3 Å². The number of benzene rings is 1. The van der Waals surface area contributed by atoms with Crippen LogP contribution in [0.4, 0.5) is 17.5 Å². The molecule has 5 aromatic rings. The molecule has 0 unspecified atom stereocenters. The number of ether oxygens (including phenoxy) is 1. The molecule has 0 saturated carbocycles. The molecule has 0 bridgehead atoms. The van der Waals surface area contributed by atoms with Gasteiger partial charge in [-0.05, 0) is 50.1 Å². The zero-order chi connectivity index (χ0) is 24.0. The molecule has 11 nitrogen and oxygen atoms in total. The molecule has 0 aliphatic carbocycles. The normalized spacial score (nSPS) is 17.9. The van der Waals surface area contributed by atoms with Gasteiger partial charge in [0.25, 0.3) is 0 Å². The number of nitrogens with zero attached hydrogens (tertiary/aromatic N) is 8. The summed E-state index contributed by atoms with van der Waals surface area (Å²) < 4.78 is 7.75. The maximum Gasteiger partial charge on any atom is 0.226 e. The number of nitrogens with one attached hydrogen (secondary N) is 1. The van der Waals surface area contributed by atoms with E-state index in [2.05, 4.69) is 30.4 Å². The standard InChI is InChI=1S/C24H23N9O2/c1-15-9-16(3-4-19(15)35-17-5-7-33-20(10-17)27-14-29-33)30-22-21-18(26-13-28-22)11-25-23(31-21)32-8-6-24(2,34)12-32/h3-5,7,9-11,13-14,34H,6,8,12H2,1-2H3,(H,26,28,30)/t24-/m0/s1. The molecule has 5 heterocycles. The number of aromatic nitrogens is 7. The van der Waals surface area contributed by atoms with Crippen LogP contribution in [0.5, 0.6) is 11.5 Å². The zero-order valence-corrected chi connectivity index (χ0v) is 19.3. The fourth-order valence-electron chi connectivity index (χ4n) is 4.17. The molecule has 4 aromatic heterocycles. The van der Waals surface area contributed by atoms with Gasteiger partial charge in [-0.3, -0.25) is 0 Å². The number of hydrogen-bond acceptors (Lipinski definition) is 10. The molecule has 1 atom stereocenters. The Morgan fingerprint density at radius 2 is 2.00 bits per heavy atom. The molecule has 1 saturated heterocycles. The summed E-state index contributed by atoms with van der Waals surface area (Å²) in [6, 6.07) is 9.49. The first-order chi connectivity index (χ1) is 16.9. The van der Waals surface area contributed by atoms with E-state index in [-0.39, 0.29) is 0 Å². The van der Waals surface area contributed by atoms with Crippen LogP contribution < -0.4 is 15.0 Å². The number of hydrogen-bond donors (Lipinski definition) is 2. The minimum atomic E-state index is -0.741. The van der Waals surface area contributed by atoms with Gasteiger partial charge in [0.1, 0.15) is 35.2 Å². The van der Waals surface area contributed by atoms with E-state index in [0.717, 1.165) is 17.0 Å². The molecule has 1 aliphatic rings. The van der Waals surface area contributed by atoms with E-state index in [1.807, 2.05) is 55.3 Å². The summed E-state index contributed by atoms with van der Waals surface area (Å²) in [4.78, 5) is 24.0. The Balaban J connectivity index is 1.25. The first-order valence-corrected chi connectivity index (χ1v) is 11.2. The van der Waals surface area contributed by atoms with E-state index in [1.54, 1.807) is 10.7 Å². The van der Waals surface area contributed by atoms with E-state index in [0.29, 0.717) is 53.7 Å². The topological polar surface area (TPSA) is 126 Å². The second-order valence-corrected chi connectivity index (χ2v) is 8.93. The van der Waals surface area contributed by atoms with Crippen LogP contribution in [0.15, 0.2) is 55.4 Å². The van der Waals surface area contributed by atoms with Gasteiger partial charge in [-0.1, -0.05) is 0 Å². The molecule has 1 fully saturated rings. The highest BCUT2D eigenvalue weighted by atomic mass is 16.5. The van der Waals surface area contributed by atoms with Crippen LogP contribution in [-0.4, -0.2) is 58.3 Å². The summed E-state index contributed by atoms with van der Waals surface area (Å²) in [5.74, 6) is 2.55. The SMILES string of the molecule is Cc1cc(Nc2ncnc3cnc(N4CC[C@](C)(O)C4)nc23)ccc1Oc1ccn2ncnc2c1. The number of rotatable bonds is 5. The first kappa shape index (κ1) is 21.2. The predicted octanol–water partition coefficient (Wildman–Crippen LogP) is 3.27. The third kappa shape index (κ3) is 4.17. The molecular weight excluding hydrogens is 446 g/mol. The Bertz CT molecular complexity index is 1550. The zero-order valence-electron chi connectivity index (χ0n) is 19.3. The Hall–Kier alpha value is -4.38. The number of anilines is 3. The first-order valence-electron chi connectivity index (χ1n) is 11.2. The van der Waals surface area contributed by atoms with Gasteiger partial charge in [-0.2, -0.15) is 5.10 Å². The van der Waals surface area contributed by atoms with Crippen molar-refractivity contribution in [3.63, 3.8) is 0 Å². The highest BCUT2D eigenvalue weighted by Crippen LogP contribution is 2.30. The molecule has 176 valence electrons. The summed E-state index contributed by atoms with van der Waals surface area (Å²) >= 11 is 0. The minimum Gasteiger partial charge on any atom is -0.457 e. The van der Waals surface area contributed by atoms with Crippen LogP contribution in [0.1, 0.15) is 18.9 Å². The van der Waals surface area contributed by atoms with Crippen LogP contribution in [0.3, 0.4) is 0 Å². The van der Waals surface area contributed by atoms with Crippen molar-refractivity contribution < 1.29 is 9.84 Å². The third-order valence-electron chi connectivity index (χ3n) is 6.02. The van der Waals surface area contributed by atoms with Crippen molar-refractivity contribution in [3.8, 4) is 11.5 Å². The van der Waals surface area contributed by atoms with Crippen molar-refractivity contribution in [2.45, 2.75) is 25.9 Å². The van der Waals surface area contributed by atoms with E-state index in [1.165, 1.54) is 12.7 Å². The molecule has 0 spiro atoms. The fraction of sp³-hybridized carbons (Fsp3) is 0.250. The maximum absolute atomic E-state index is 10.3. The second-order valence-electron chi connectivity index (χ2n) is 8.93. The molecule has 1 aliphatic heterocycles. The van der Waals surface area contributed by atoms with Crippen LogP contribution in [0, 0.1) is 6.92 Å². The Morgan fingerprint density at radius 1 is 1.09 bits per heavy atom. The quantitative estimate of drug-likeness (QED) is 0.396. The van der Waals surface area contributed by atoms with Crippen molar-refractivity contribution >= 4 is 34.1 Å². The van der Waals surface area contributed by atoms with Crippen LogP contribution in [0.25, 0.3) is 16.7 Å². The van der Waals surface area contributed by atoms with Crippen molar-refractivity contribution in [3.05, 3.63) is 60.9 Å². The Kier molecular flexibility index (Phi) is 4.92. The highest BCUT2D eigenvalue weighted by molar-refractivity contribution is 5.87. The lowest BCUT2D eigenvalue weighted by Gasteiger charge is -2.19. The average Bonchev–Trinajstić information content (AvgIpc) is 3.46.